The summed E-state index contributed by atoms with van der Waals surface area (Å²) in [5, 5.41) is 0.987. The number of rotatable bonds is 5. The van der Waals surface area contributed by atoms with Gasteiger partial charge in [-0.05, 0) is 43.2 Å². The van der Waals surface area contributed by atoms with Crippen molar-refractivity contribution in [2.24, 2.45) is 5.73 Å². The summed E-state index contributed by atoms with van der Waals surface area (Å²) in [7, 11) is 0. The maximum atomic E-state index is 6.32. The highest BCUT2D eigenvalue weighted by atomic mass is 35.5. The van der Waals surface area contributed by atoms with Gasteiger partial charge in [0, 0.05) is 21.2 Å². The van der Waals surface area contributed by atoms with Crippen LogP contribution in [0.5, 0.6) is 0 Å². The van der Waals surface area contributed by atoms with Gasteiger partial charge in [0.05, 0.1) is 0 Å². The van der Waals surface area contributed by atoms with Crippen LogP contribution in [-0.2, 0) is 0 Å². The Hall–Kier alpha value is -0.960. The summed E-state index contributed by atoms with van der Waals surface area (Å²) >= 11 is 7.93. The number of hydrogen-bond donors (Lipinski definition) is 1. The molecule has 2 N–H and O–H groups in total. The third kappa shape index (κ3) is 4.02. The van der Waals surface area contributed by atoms with E-state index in [1.807, 2.05) is 30.0 Å². The number of hydrogen-bond acceptors (Lipinski definition) is 2. The van der Waals surface area contributed by atoms with Crippen molar-refractivity contribution >= 4 is 23.4 Å². The molecule has 3 heteroatoms. The zero-order valence-electron chi connectivity index (χ0n) is 11.8. The highest BCUT2D eigenvalue weighted by Crippen LogP contribution is 2.38. The summed E-state index contributed by atoms with van der Waals surface area (Å²) in [5.41, 5.74) is 8.78. The van der Waals surface area contributed by atoms with E-state index in [0.29, 0.717) is 0 Å². The standard InChI is InChI=1S/C17H20ClNS/c1-3-16(19)17(13-7-5-8-14(18)11-13)20-15-9-4-6-12(2)10-15/h4-11,16-17H,3,19H2,1-2H3. The van der Waals surface area contributed by atoms with Gasteiger partial charge in [-0.2, -0.15) is 0 Å². The van der Waals surface area contributed by atoms with Gasteiger partial charge in [-0.1, -0.05) is 48.4 Å². The van der Waals surface area contributed by atoms with Gasteiger partial charge in [0.1, 0.15) is 0 Å². The predicted octanol–water partition coefficient (Wildman–Crippen LogP) is 5.22. The molecular weight excluding hydrogens is 286 g/mol. The van der Waals surface area contributed by atoms with Gasteiger partial charge in [0.15, 0.2) is 0 Å². The molecule has 0 spiro atoms. The number of nitrogens with two attached hydrogens (primary N) is 1. The van der Waals surface area contributed by atoms with Crippen molar-refractivity contribution in [1.29, 1.82) is 0 Å². The molecule has 0 aliphatic rings. The first-order valence-electron chi connectivity index (χ1n) is 6.84. The maximum absolute atomic E-state index is 6.32. The number of halogens is 1. The van der Waals surface area contributed by atoms with Crippen molar-refractivity contribution in [3.8, 4) is 0 Å². The van der Waals surface area contributed by atoms with E-state index in [1.54, 1.807) is 0 Å². The van der Waals surface area contributed by atoms with Crippen LogP contribution in [0.1, 0.15) is 29.7 Å². The summed E-state index contributed by atoms with van der Waals surface area (Å²) in [5.74, 6) is 0. The molecule has 2 aromatic rings. The molecule has 0 saturated carbocycles. The van der Waals surface area contributed by atoms with E-state index in [4.69, 9.17) is 17.3 Å². The molecule has 0 bridgehead atoms. The van der Waals surface area contributed by atoms with Crippen LogP contribution in [0.25, 0.3) is 0 Å². The van der Waals surface area contributed by atoms with Crippen LogP contribution >= 0.6 is 23.4 Å². The van der Waals surface area contributed by atoms with Gasteiger partial charge in [-0.25, -0.2) is 0 Å². The molecule has 0 radical (unpaired) electrons. The van der Waals surface area contributed by atoms with Crippen molar-refractivity contribution in [2.75, 3.05) is 0 Å². The van der Waals surface area contributed by atoms with Crippen LogP contribution in [0.4, 0.5) is 0 Å². The predicted molar refractivity (Wildman–Crippen MR) is 89.5 cm³/mol. The van der Waals surface area contributed by atoms with E-state index >= 15 is 0 Å². The molecule has 2 unspecified atom stereocenters. The lowest BCUT2D eigenvalue weighted by Crippen LogP contribution is -2.25. The van der Waals surface area contributed by atoms with Gasteiger partial charge >= 0.3 is 0 Å². The lowest BCUT2D eigenvalue weighted by Gasteiger charge is -2.23. The van der Waals surface area contributed by atoms with Gasteiger partial charge in [0.25, 0.3) is 0 Å². The minimum absolute atomic E-state index is 0.110. The molecule has 20 heavy (non-hydrogen) atoms. The first kappa shape index (κ1) is 15.4. The van der Waals surface area contributed by atoms with E-state index < -0.39 is 0 Å². The fourth-order valence-corrected chi connectivity index (χ4v) is 3.69. The maximum Gasteiger partial charge on any atom is 0.0495 e. The molecule has 2 aromatic carbocycles. The van der Waals surface area contributed by atoms with Gasteiger partial charge in [-0.3, -0.25) is 0 Å². The largest absolute Gasteiger partial charge is 0.326 e. The number of thioether (sulfide) groups is 1. The summed E-state index contributed by atoms with van der Waals surface area (Å²) in [6.07, 6.45) is 0.940. The summed E-state index contributed by atoms with van der Waals surface area (Å²) < 4.78 is 0. The average Bonchev–Trinajstić information content (AvgIpc) is 2.44. The van der Waals surface area contributed by atoms with Gasteiger partial charge in [-0.15, -0.1) is 11.8 Å². The van der Waals surface area contributed by atoms with Crippen molar-refractivity contribution in [1.82, 2.24) is 0 Å². The molecule has 0 heterocycles. The molecule has 106 valence electrons. The van der Waals surface area contributed by atoms with Crippen molar-refractivity contribution in [3.63, 3.8) is 0 Å². The van der Waals surface area contributed by atoms with Crippen LogP contribution in [-0.4, -0.2) is 6.04 Å². The Morgan fingerprint density at radius 3 is 2.55 bits per heavy atom. The van der Waals surface area contributed by atoms with Crippen LogP contribution in [0.15, 0.2) is 53.4 Å². The highest BCUT2D eigenvalue weighted by Gasteiger charge is 2.20. The first-order chi connectivity index (χ1) is 9.60. The minimum Gasteiger partial charge on any atom is -0.326 e. The Morgan fingerprint density at radius 2 is 1.90 bits per heavy atom. The average molecular weight is 306 g/mol. The van der Waals surface area contributed by atoms with Crippen molar-refractivity contribution in [3.05, 3.63) is 64.7 Å². The van der Waals surface area contributed by atoms with Gasteiger partial charge in [0.2, 0.25) is 0 Å². The van der Waals surface area contributed by atoms with E-state index in [2.05, 4.69) is 44.2 Å². The van der Waals surface area contributed by atoms with Crippen molar-refractivity contribution < 1.29 is 0 Å². The topological polar surface area (TPSA) is 26.0 Å². The molecule has 0 aliphatic carbocycles. The molecule has 0 fully saturated rings. The van der Waals surface area contributed by atoms with E-state index in [-0.39, 0.29) is 11.3 Å². The van der Waals surface area contributed by atoms with Crippen molar-refractivity contribution in [2.45, 2.75) is 36.5 Å². The molecule has 0 amide bonds. The second kappa shape index (κ2) is 7.16. The Kier molecular flexibility index (Phi) is 5.53. The van der Waals surface area contributed by atoms with E-state index in [1.165, 1.54) is 16.0 Å². The van der Waals surface area contributed by atoms with Crippen LogP contribution in [0, 0.1) is 6.92 Å². The molecule has 0 aromatic heterocycles. The highest BCUT2D eigenvalue weighted by molar-refractivity contribution is 7.99. The summed E-state index contributed by atoms with van der Waals surface area (Å²) in [4.78, 5) is 1.25. The fraction of sp³-hybridized carbons (Fsp3) is 0.294. The third-order valence-corrected chi connectivity index (χ3v) is 4.93. The lowest BCUT2D eigenvalue weighted by atomic mass is 10.0. The number of benzene rings is 2. The Morgan fingerprint density at radius 1 is 1.15 bits per heavy atom. The summed E-state index contributed by atoms with van der Waals surface area (Å²) in [6.45, 7) is 4.23. The lowest BCUT2D eigenvalue weighted by molar-refractivity contribution is 0.634. The smallest absolute Gasteiger partial charge is 0.0495 e. The Bertz CT molecular complexity index is 570. The van der Waals surface area contributed by atoms with Crippen LogP contribution in [0.2, 0.25) is 5.02 Å². The Labute approximate surface area is 130 Å². The molecule has 1 nitrogen and oxygen atoms in total. The summed E-state index contributed by atoms with van der Waals surface area (Å²) in [6, 6.07) is 16.7. The molecule has 0 aliphatic heterocycles. The fourth-order valence-electron chi connectivity index (χ4n) is 2.14. The normalized spacial score (nSPS) is 14.0. The van der Waals surface area contributed by atoms with Crippen LogP contribution in [0.3, 0.4) is 0 Å². The zero-order chi connectivity index (χ0) is 14.5. The number of aryl methyl sites for hydroxylation is 1. The SMILES string of the molecule is CCC(N)C(Sc1cccc(C)c1)c1cccc(Cl)c1. The Balaban J connectivity index is 2.29. The van der Waals surface area contributed by atoms with Crippen LogP contribution < -0.4 is 5.73 Å². The quantitative estimate of drug-likeness (QED) is 0.766. The monoisotopic (exact) mass is 305 g/mol. The second-order valence-electron chi connectivity index (χ2n) is 4.98. The molecule has 2 atom stereocenters. The zero-order valence-corrected chi connectivity index (χ0v) is 13.4. The van der Waals surface area contributed by atoms with E-state index in [9.17, 15) is 0 Å². The molecule has 2 rings (SSSR count). The minimum atomic E-state index is 0.110. The second-order valence-corrected chi connectivity index (χ2v) is 6.63. The molecular formula is C17H20ClNS. The first-order valence-corrected chi connectivity index (χ1v) is 8.10. The van der Waals surface area contributed by atoms with E-state index in [0.717, 1.165) is 11.4 Å². The van der Waals surface area contributed by atoms with Gasteiger partial charge < -0.3 is 5.73 Å². The molecule has 0 saturated heterocycles. The third-order valence-electron chi connectivity index (χ3n) is 3.29.